The summed E-state index contributed by atoms with van der Waals surface area (Å²) in [5.41, 5.74) is 3.94. The lowest BCUT2D eigenvalue weighted by Gasteiger charge is -2.22. The first-order valence-corrected chi connectivity index (χ1v) is 16.9. The van der Waals surface area contributed by atoms with Crippen LogP contribution < -0.4 is 25.4 Å². The summed E-state index contributed by atoms with van der Waals surface area (Å²) in [6, 6.07) is 61.4. The van der Waals surface area contributed by atoms with Gasteiger partial charge in [-0.25, -0.2) is 0 Å². The van der Waals surface area contributed by atoms with E-state index in [0.29, 0.717) is 0 Å². The van der Waals surface area contributed by atoms with Crippen LogP contribution in [0.2, 0.25) is 0 Å². The molecule has 0 radical (unpaired) electrons. The van der Waals surface area contributed by atoms with Gasteiger partial charge in [-0.1, -0.05) is 121 Å². The summed E-state index contributed by atoms with van der Waals surface area (Å²) < 4.78 is 27.6. The lowest BCUT2D eigenvalue weighted by atomic mass is 9.99. The van der Waals surface area contributed by atoms with Gasteiger partial charge in [-0.3, -0.25) is 0 Å². The van der Waals surface area contributed by atoms with Crippen molar-refractivity contribution in [3.63, 3.8) is 0 Å². The molecule has 0 fully saturated rings. The fourth-order valence-electron chi connectivity index (χ4n) is 5.53. The van der Waals surface area contributed by atoms with Crippen LogP contribution in [0, 0.1) is 0 Å². The molecule has 7 rings (SSSR count). The molecule has 0 aliphatic rings. The molecule has 0 spiro atoms. The maximum Gasteiger partial charge on any atom is 0.171 e. The highest BCUT2D eigenvalue weighted by Gasteiger charge is 2.30. The van der Waals surface area contributed by atoms with E-state index in [4.69, 9.17) is 9.47 Å². The van der Waals surface area contributed by atoms with Crippen LogP contribution in [0.5, 0.6) is 23.0 Å². The van der Waals surface area contributed by atoms with Crippen molar-refractivity contribution in [1.29, 1.82) is 0 Å². The first-order valence-electron chi connectivity index (χ1n) is 15.2. The largest absolute Gasteiger partial charge is 0.457 e. The number of para-hydroxylation sites is 2. The second kappa shape index (κ2) is 13.2. The van der Waals surface area contributed by atoms with E-state index in [1.807, 2.05) is 170 Å². The van der Waals surface area contributed by atoms with Gasteiger partial charge in [0.25, 0.3) is 0 Å². The van der Waals surface area contributed by atoms with E-state index in [-0.39, 0.29) is 0 Å². The molecule has 0 aliphatic carbocycles. The number of hydrogen-bond acceptors (Lipinski definition) is 3. The van der Waals surface area contributed by atoms with Crippen molar-refractivity contribution in [2.45, 2.75) is 0 Å². The topological polar surface area (TPSA) is 35.5 Å². The predicted octanol–water partition coefficient (Wildman–Crippen LogP) is 10.2. The minimum absolute atomic E-state index is 0.750. The van der Waals surface area contributed by atoms with Gasteiger partial charge in [0.2, 0.25) is 0 Å². The number of ether oxygens (including phenoxy) is 2. The number of hydrogen-bond donors (Lipinski definition) is 0. The summed E-state index contributed by atoms with van der Waals surface area (Å²) in [6.07, 6.45) is 0. The number of rotatable bonds is 9. The van der Waals surface area contributed by atoms with Crippen molar-refractivity contribution in [3.05, 3.63) is 188 Å². The molecule has 222 valence electrons. The van der Waals surface area contributed by atoms with Gasteiger partial charge in [0.1, 0.15) is 23.0 Å². The third-order valence-corrected chi connectivity index (χ3v) is 10.9. The van der Waals surface area contributed by atoms with Gasteiger partial charge >= 0.3 is 0 Å². The van der Waals surface area contributed by atoms with Crippen LogP contribution in [0.3, 0.4) is 0 Å². The zero-order chi connectivity index (χ0) is 31.2. The first-order chi connectivity index (χ1) is 22.6. The predicted molar refractivity (Wildman–Crippen MR) is 190 cm³/mol. The van der Waals surface area contributed by atoms with Crippen molar-refractivity contribution in [3.8, 4) is 45.3 Å². The van der Waals surface area contributed by atoms with E-state index < -0.39 is 7.14 Å². The highest BCUT2D eigenvalue weighted by atomic mass is 31.2. The Labute approximate surface area is 269 Å². The molecule has 0 atom stereocenters. The monoisotopic (exact) mass is 614 g/mol. The van der Waals surface area contributed by atoms with E-state index in [1.165, 1.54) is 0 Å². The van der Waals surface area contributed by atoms with Gasteiger partial charge < -0.3 is 14.0 Å². The van der Waals surface area contributed by atoms with Crippen LogP contribution in [0.25, 0.3) is 22.3 Å². The lowest BCUT2D eigenvalue weighted by molar-refractivity contribution is 0.482. The molecule has 46 heavy (non-hydrogen) atoms. The van der Waals surface area contributed by atoms with Gasteiger partial charge in [-0.15, -0.1) is 0 Å². The standard InChI is InChI=1S/C42H31O3P/c43-46(40-17-9-3-10-18-40,41-19-11-4-12-20-41)42-30-34(32-21-25-38(26-22-32)44-36-13-5-1-6-14-36)29-35(31-42)33-23-27-39(28-24-33)45-37-15-7-2-8-16-37/h1-31H. The summed E-state index contributed by atoms with van der Waals surface area (Å²) >= 11 is 0. The van der Waals surface area contributed by atoms with Crippen molar-refractivity contribution in [1.82, 2.24) is 0 Å². The number of benzene rings is 7. The van der Waals surface area contributed by atoms with E-state index >= 15 is 4.57 Å². The smallest absolute Gasteiger partial charge is 0.171 e. The molecule has 0 saturated heterocycles. The molecule has 0 saturated carbocycles. The van der Waals surface area contributed by atoms with Crippen LogP contribution in [-0.2, 0) is 4.57 Å². The SMILES string of the molecule is O=P(c1ccccc1)(c1ccccc1)c1cc(-c2ccc(Oc3ccccc3)cc2)cc(-c2ccc(Oc3ccccc3)cc2)c1. The summed E-state index contributed by atoms with van der Waals surface area (Å²) in [6.45, 7) is 0. The Hall–Kier alpha value is -5.63. The first kappa shape index (κ1) is 29.1. The molecule has 7 aromatic carbocycles. The average molecular weight is 615 g/mol. The molecule has 0 unspecified atom stereocenters. The summed E-state index contributed by atoms with van der Waals surface area (Å²) in [5.74, 6) is 3.07. The molecule has 0 heterocycles. The van der Waals surface area contributed by atoms with Crippen molar-refractivity contribution in [2.75, 3.05) is 0 Å². The Kier molecular flexibility index (Phi) is 8.32. The maximum absolute atomic E-state index is 15.5. The summed E-state index contributed by atoms with van der Waals surface area (Å²) in [7, 11) is -3.23. The Balaban J connectivity index is 1.33. The minimum Gasteiger partial charge on any atom is -0.457 e. The highest BCUT2D eigenvalue weighted by Crippen LogP contribution is 2.44. The molecule has 4 heteroatoms. The van der Waals surface area contributed by atoms with E-state index in [1.54, 1.807) is 0 Å². The van der Waals surface area contributed by atoms with E-state index in [2.05, 4.69) is 18.2 Å². The zero-order valence-electron chi connectivity index (χ0n) is 25.1. The van der Waals surface area contributed by atoms with Gasteiger partial charge in [0.15, 0.2) is 7.14 Å². The third-order valence-electron chi connectivity index (χ3n) is 7.85. The van der Waals surface area contributed by atoms with E-state index in [0.717, 1.165) is 61.2 Å². The molecule has 7 aromatic rings. The highest BCUT2D eigenvalue weighted by molar-refractivity contribution is 7.85. The second-order valence-corrected chi connectivity index (χ2v) is 13.7. The van der Waals surface area contributed by atoms with Crippen LogP contribution in [0.15, 0.2) is 188 Å². The molecule has 0 amide bonds. The van der Waals surface area contributed by atoms with Crippen molar-refractivity contribution >= 4 is 23.1 Å². The quantitative estimate of drug-likeness (QED) is 0.152. The van der Waals surface area contributed by atoms with Crippen LogP contribution >= 0.6 is 7.14 Å². The molecular formula is C42H31O3P. The fourth-order valence-corrected chi connectivity index (χ4v) is 8.25. The zero-order valence-corrected chi connectivity index (χ0v) is 26.0. The van der Waals surface area contributed by atoms with Gasteiger partial charge in [-0.05, 0) is 89.0 Å². The van der Waals surface area contributed by atoms with Crippen LogP contribution in [0.1, 0.15) is 0 Å². The second-order valence-electron chi connectivity index (χ2n) is 10.9. The van der Waals surface area contributed by atoms with Crippen molar-refractivity contribution in [2.24, 2.45) is 0 Å². The molecule has 0 aliphatic heterocycles. The minimum atomic E-state index is -3.23. The van der Waals surface area contributed by atoms with E-state index in [9.17, 15) is 0 Å². The van der Waals surface area contributed by atoms with Crippen molar-refractivity contribution < 1.29 is 14.0 Å². The van der Waals surface area contributed by atoms with Gasteiger partial charge in [0, 0.05) is 15.9 Å². The lowest BCUT2D eigenvalue weighted by Crippen LogP contribution is -2.25. The summed E-state index contributed by atoms with van der Waals surface area (Å²) in [4.78, 5) is 0. The Morgan fingerprint density at radius 3 is 1.00 bits per heavy atom. The summed E-state index contributed by atoms with van der Waals surface area (Å²) in [5, 5.41) is 2.36. The van der Waals surface area contributed by atoms with Gasteiger partial charge in [0.05, 0.1) is 0 Å². The Bertz CT molecular complexity index is 1930. The third kappa shape index (κ3) is 6.28. The molecular weight excluding hydrogens is 583 g/mol. The molecule has 0 bridgehead atoms. The van der Waals surface area contributed by atoms with Crippen LogP contribution in [-0.4, -0.2) is 0 Å². The van der Waals surface area contributed by atoms with Gasteiger partial charge in [-0.2, -0.15) is 0 Å². The molecule has 3 nitrogen and oxygen atoms in total. The Morgan fingerprint density at radius 2 is 0.630 bits per heavy atom. The Morgan fingerprint density at radius 1 is 0.304 bits per heavy atom. The molecule has 0 N–H and O–H groups in total. The fraction of sp³-hybridized carbons (Fsp3) is 0. The van der Waals surface area contributed by atoms with Crippen LogP contribution in [0.4, 0.5) is 0 Å². The molecule has 0 aromatic heterocycles. The normalized spacial score (nSPS) is 11.1. The maximum atomic E-state index is 15.5. The average Bonchev–Trinajstić information content (AvgIpc) is 3.13.